The van der Waals surface area contributed by atoms with Crippen molar-refractivity contribution in [2.24, 2.45) is 11.8 Å². The summed E-state index contributed by atoms with van der Waals surface area (Å²) in [6, 6.07) is 0. The maximum Gasteiger partial charge on any atom is 0.306 e. The van der Waals surface area contributed by atoms with Gasteiger partial charge in [0.05, 0.1) is 5.92 Å². The van der Waals surface area contributed by atoms with Gasteiger partial charge in [-0.3, -0.25) is 4.79 Å². The van der Waals surface area contributed by atoms with E-state index >= 15 is 0 Å². The molecule has 3 nitrogen and oxygen atoms in total. The molecule has 0 saturated carbocycles. The van der Waals surface area contributed by atoms with Gasteiger partial charge < -0.3 is 10.2 Å². The van der Waals surface area contributed by atoms with Gasteiger partial charge in [-0.2, -0.15) is 0 Å². The van der Waals surface area contributed by atoms with E-state index < -0.39 is 5.97 Å². The summed E-state index contributed by atoms with van der Waals surface area (Å²) in [5.41, 5.74) is 1.17. The van der Waals surface area contributed by atoms with Crippen LogP contribution < -0.4 is 0 Å². The Balaban J connectivity index is 4.04. The van der Waals surface area contributed by atoms with Crippen LogP contribution in [0.1, 0.15) is 59.3 Å². The molecule has 18 heavy (non-hydrogen) atoms. The molecule has 2 N–H and O–H groups in total. The van der Waals surface area contributed by atoms with E-state index in [2.05, 4.69) is 13.0 Å². The summed E-state index contributed by atoms with van der Waals surface area (Å²) in [5.74, 6) is -0.385. The van der Waals surface area contributed by atoms with E-state index in [-0.39, 0.29) is 12.5 Å². The highest BCUT2D eigenvalue weighted by Gasteiger charge is 2.16. The Labute approximate surface area is 111 Å². The van der Waals surface area contributed by atoms with E-state index in [1.165, 1.54) is 5.57 Å². The van der Waals surface area contributed by atoms with E-state index in [9.17, 15) is 4.79 Å². The van der Waals surface area contributed by atoms with Crippen LogP contribution >= 0.6 is 0 Å². The Kier molecular flexibility index (Phi) is 9.66. The molecule has 0 heterocycles. The van der Waals surface area contributed by atoms with Crippen molar-refractivity contribution in [1.29, 1.82) is 0 Å². The van der Waals surface area contributed by atoms with Crippen molar-refractivity contribution in [1.82, 2.24) is 0 Å². The van der Waals surface area contributed by atoms with Gasteiger partial charge in [-0.05, 0) is 44.9 Å². The molecule has 0 spiro atoms. The van der Waals surface area contributed by atoms with Crippen LogP contribution in [0.3, 0.4) is 0 Å². The van der Waals surface area contributed by atoms with Gasteiger partial charge in [-0.25, -0.2) is 0 Å². The maximum absolute atomic E-state index is 11.0. The minimum Gasteiger partial charge on any atom is -0.481 e. The van der Waals surface area contributed by atoms with Crippen LogP contribution in [-0.4, -0.2) is 22.8 Å². The Bertz CT molecular complexity index is 258. The molecule has 0 fully saturated rings. The maximum atomic E-state index is 11.0. The molecular formula is C15H28O3. The summed E-state index contributed by atoms with van der Waals surface area (Å²) >= 11 is 0. The highest BCUT2D eigenvalue weighted by molar-refractivity contribution is 5.70. The largest absolute Gasteiger partial charge is 0.481 e. The van der Waals surface area contributed by atoms with E-state index in [4.69, 9.17) is 10.2 Å². The Morgan fingerprint density at radius 3 is 2.44 bits per heavy atom. The van der Waals surface area contributed by atoms with Crippen LogP contribution in [-0.2, 0) is 4.79 Å². The van der Waals surface area contributed by atoms with E-state index in [1.807, 2.05) is 13.8 Å². The van der Waals surface area contributed by atoms with Gasteiger partial charge in [0, 0.05) is 6.61 Å². The van der Waals surface area contributed by atoms with Gasteiger partial charge in [-0.1, -0.05) is 31.9 Å². The Morgan fingerprint density at radius 2 is 1.94 bits per heavy atom. The lowest BCUT2D eigenvalue weighted by atomic mass is 9.94. The van der Waals surface area contributed by atoms with Gasteiger partial charge in [0.15, 0.2) is 0 Å². The molecule has 0 aromatic carbocycles. The molecule has 0 saturated heterocycles. The highest BCUT2D eigenvalue weighted by Crippen LogP contribution is 2.19. The van der Waals surface area contributed by atoms with Crippen molar-refractivity contribution in [2.75, 3.05) is 6.61 Å². The molecule has 106 valence electrons. The van der Waals surface area contributed by atoms with Crippen molar-refractivity contribution >= 4 is 5.97 Å². The van der Waals surface area contributed by atoms with Crippen LogP contribution in [0.4, 0.5) is 0 Å². The summed E-state index contributed by atoms with van der Waals surface area (Å²) in [5, 5.41) is 17.9. The van der Waals surface area contributed by atoms with Crippen LogP contribution in [0.5, 0.6) is 0 Å². The number of carboxylic acids is 1. The number of rotatable bonds is 10. The lowest BCUT2D eigenvalue weighted by Gasteiger charge is -2.12. The van der Waals surface area contributed by atoms with Crippen molar-refractivity contribution < 1.29 is 15.0 Å². The number of hydrogen-bond donors (Lipinski definition) is 2. The Hall–Kier alpha value is -0.830. The van der Waals surface area contributed by atoms with Crippen LogP contribution in [0, 0.1) is 11.8 Å². The average Bonchev–Trinajstić information content (AvgIpc) is 2.28. The smallest absolute Gasteiger partial charge is 0.306 e. The van der Waals surface area contributed by atoms with Gasteiger partial charge in [0.1, 0.15) is 0 Å². The lowest BCUT2D eigenvalue weighted by Crippen LogP contribution is -2.13. The summed E-state index contributed by atoms with van der Waals surface area (Å²) in [4.78, 5) is 11.0. The van der Waals surface area contributed by atoms with Crippen LogP contribution in [0.25, 0.3) is 0 Å². The molecule has 3 heteroatoms. The molecule has 0 radical (unpaired) electrons. The number of aliphatic carboxylic acids is 1. The summed E-state index contributed by atoms with van der Waals surface area (Å²) in [6.07, 6.45) is 7.37. The first kappa shape index (κ1) is 17.2. The van der Waals surface area contributed by atoms with Gasteiger partial charge in [0.2, 0.25) is 0 Å². The third kappa shape index (κ3) is 8.29. The molecule has 2 atom stereocenters. The van der Waals surface area contributed by atoms with Crippen molar-refractivity contribution in [3.8, 4) is 0 Å². The molecule has 0 rings (SSSR count). The predicted octanol–water partition coefficient (Wildman–Crippen LogP) is 3.62. The molecule has 1 unspecified atom stereocenters. The number of aliphatic hydroxyl groups excluding tert-OH is 1. The summed E-state index contributed by atoms with van der Waals surface area (Å²) in [6.45, 7) is 6.42. The second-order valence-electron chi connectivity index (χ2n) is 5.27. The average molecular weight is 256 g/mol. The zero-order valence-electron chi connectivity index (χ0n) is 12.0. The first-order valence-electron chi connectivity index (χ1n) is 7.00. The van der Waals surface area contributed by atoms with Crippen molar-refractivity contribution in [2.45, 2.75) is 59.3 Å². The fraction of sp³-hybridized carbons (Fsp3) is 0.800. The summed E-state index contributed by atoms with van der Waals surface area (Å²) < 4.78 is 0. The third-order valence-electron chi connectivity index (χ3n) is 3.33. The molecule has 0 aromatic rings. The number of hydrogen-bond acceptors (Lipinski definition) is 2. The number of allylic oxidation sites excluding steroid dienone is 2. The summed E-state index contributed by atoms with van der Waals surface area (Å²) in [7, 11) is 0. The SMILES string of the molecule is CCCC(C/C(C)=C/CC[C@H](C)CCO)C(=O)O. The minimum absolute atomic E-state index is 0.235. The third-order valence-corrected chi connectivity index (χ3v) is 3.33. The number of carboxylic acid groups (broad SMARTS) is 1. The van der Waals surface area contributed by atoms with E-state index in [0.29, 0.717) is 12.3 Å². The molecule has 0 aromatic heterocycles. The van der Waals surface area contributed by atoms with Crippen molar-refractivity contribution in [3.63, 3.8) is 0 Å². The zero-order valence-corrected chi connectivity index (χ0v) is 12.0. The molecule has 0 bridgehead atoms. The van der Waals surface area contributed by atoms with Crippen LogP contribution in [0.2, 0.25) is 0 Å². The van der Waals surface area contributed by atoms with Crippen molar-refractivity contribution in [3.05, 3.63) is 11.6 Å². The topological polar surface area (TPSA) is 57.5 Å². The monoisotopic (exact) mass is 256 g/mol. The second kappa shape index (κ2) is 10.1. The normalized spacial score (nSPS) is 15.4. The standard InChI is InChI=1S/C15H28O3/c1-4-6-14(15(17)18)11-13(3)8-5-7-12(2)9-10-16/h8,12,14,16H,4-7,9-11H2,1-3H3,(H,17,18)/b13-8+/t12-,14?/m0/s1. The molecule has 0 aliphatic rings. The quantitative estimate of drug-likeness (QED) is 0.587. The number of carbonyl (C=O) groups is 1. The fourth-order valence-electron chi connectivity index (χ4n) is 2.11. The second-order valence-corrected chi connectivity index (χ2v) is 5.27. The minimum atomic E-state index is -0.682. The molecule has 0 aliphatic carbocycles. The lowest BCUT2D eigenvalue weighted by molar-refractivity contribution is -0.141. The first-order valence-corrected chi connectivity index (χ1v) is 7.00. The molecular weight excluding hydrogens is 228 g/mol. The van der Waals surface area contributed by atoms with Gasteiger partial charge in [-0.15, -0.1) is 0 Å². The first-order chi connectivity index (χ1) is 8.51. The molecule has 0 amide bonds. The van der Waals surface area contributed by atoms with E-state index in [1.54, 1.807) is 0 Å². The Morgan fingerprint density at radius 1 is 1.28 bits per heavy atom. The van der Waals surface area contributed by atoms with Gasteiger partial charge in [0.25, 0.3) is 0 Å². The predicted molar refractivity (Wildman–Crippen MR) is 74.5 cm³/mol. The molecule has 0 aliphatic heterocycles. The van der Waals surface area contributed by atoms with E-state index in [0.717, 1.165) is 32.1 Å². The highest BCUT2D eigenvalue weighted by atomic mass is 16.4. The van der Waals surface area contributed by atoms with Crippen LogP contribution in [0.15, 0.2) is 11.6 Å². The fourth-order valence-corrected chi connectivity index (χ4v) is 2.11. The van der Waals surface area contributed by atoms with Gasteiger partial charge >= 0.3 is 5.97 Å². The number of aliphatic hydroxyl groups is 1. The zero-order chi connectivity index (χ0) is 14.0.